The highest BCUT2D eigenvalue weighted by Crippen LogP contribution is 2.32. The number of hydrogen-bond acceptors (Lipinski definition) is 7. The van der Waals surface area contributed by atoms with E-state index in [0.717, 1.165) is 6.42 Å². The summed E-state index contributed by atoms with van der Waals surface area (Å²) in [5.74, 6) is 0.419. The Labute approximate surface area is 166 Å². The topological polar surface area (TPSA) is 103 Å². The Morgan fingerprint density at radius 1 is 1.15 bits per heavy atom. The second-order valence-electron chi connectivity index (χ2n) is 5.82. The molecule has 0 fully saturated rings. The summed E-state index contributed by atoms with van der Waals surface area (Å²) in [4.78, 5) is 12.0. The van der Waals surface area contributed by atoms with E-state index in [1.54, 1.807) is 13.2 Å². The molecule has 0 saturated carbocycles. The minimum absolute atomic E-state index is 0. The highest BCUT2D eigenvalue weighted by Gasteiger charge is 2.20. The van der Waals surface area contributed by atoms with E-state index in [4.69, 9.17) is 14.2 Å². The van der Waals surface area contributed by atoms with Crippen LogP contribution in [0.25, 0.3) is 0 Å². The number of ether oxygens (including phenoxy) is 3. The standard InChI is InChI=1S/C17H26N2O6S.ClH/c1-23-11-8-18-6-7-19-17(20)5-12-26(21,22)14-3-4-15-16(13-14)25-10-2-9-24-15;/h3-4,13,18H,2,5-12H2,1H3,(H,19,20);1H. The van der Waals surface area contributed by atoms with Crippen molar-refractivity contribution in [2.45, 2.75) is 17.7 Å². The molecule has 1 aromatic rings. The van der Waals surface area contributed by atoms with Crippen molar-refractivity contribution in [3.8, 4) is 11.5 Å². The first-order chi connectivity index (χ1) is 12.5. The molecule has 1 amide bonds. The van der Waals surface area contributed by atoms with E-state index in [-0.39, 0.29) is 35.4 Å². The molecule has 1 aliphatic heterocycles. The molecule has 0 spiro atoms. The first kappa shape index (κ1) is 23.5. The molecular weight excluding hydrogens is 396 g/mol. The second kappa shape index (κ2) is 12.0. The third-order valence-corrected chi connectivity index (χ3v) is 5.50. The zero-order valence-corrected chi connectivity index (χ0v) is 17.0. The summed E-state index contributed by atoms with van der Waals surface area (Å²) in [6.07, 6.45) is 0.659. The average Bonchev–Trinajstić information content (AvgIpc) is 2.87. The van der Waals surface area contributed by atoms with Crippen molar-refractivity contribution in [2.24, 2.45) is 0 Å². The zero-order chi connectivity index (χ0) is 18.8. The van der Waals surface area contributed by atoms with Gasteiger partial charge in [0.1, 0.15) is 0 Å². The number of carbonyl (C=O) groups excluding carboxylic acids is 1. The molecule has 0 unspecified atom stereocenters. The number of carbonyl (C=O) groups is 1. The van der Waals surface area contributed by atoms with Crippen molar-refractivity contribution >= 4 is 28.2 Å². The van der Waals surface area contributed by atoms with Gasteiger partial charge in [0.15, 0.2) is 21.3 Å². The van der Waals surface area contributed by atoms with Gasteiger partial charge in [-0.05, 0) is 12.1 Å². The number of hydrogen-bond donors (Lipinski definition) is 2. The highest BCUT2D eigenvalue weighted by atomic mass is 35.5. The van der Waals surface area contributed by atoms with Crippen LogP contribution in [0.1, 0.15) is 12.8 Å². The van der Waals surface area contributed by atoms with Crippen LogP contribution in [0, 0.1) is 0 Å². The van der Waals surface area contributed by atoms with Crippen LogP contribution < -0.4 is 20.1 Å². The van der Waals surface area contributed by atoms with Crippen LogP contribution in [0.5, 0.6) is 11.5 Å². The third kappa shape index (κ3) is 7.92. The molecular formula is C17H27ClN2O6S. The summed E-state index contributed by atoms with van der Waals surface area (Å²) in [6, 6.07) is 4.55. The Bertz CT molecular complexity index is 699. The normalized spacial score (nSPS) is 13.4. The Kier molecular flexibility index (Phi) is 10.5. The van der Waals surface area contributed by atoms with Gasteiger partial charge in [0, 0.05) is 45.7 Å². The molecule has 2 rings (SSSR count). The molecule has 154 valence electrons. The van der Waals surface area contributed by atoms with E-state index in [1.807, 2.05) is 0 Å². The summed E-state index contributed by atoms with van der Waals surface area (Å²) in [7, 11) is -1.95. The van der Waals surface area contributed by atoms with Crippen LogP contribution in [0.3, 0.4) is 0 Å². The molecule has 1 aromatic carbocycles. The first-order valence-electron chi connectivity index (χ1n) is 8.62. The molecule has 0 saturated heterocycles. The maximum atomic E-state index is 12.5. The van der Waals surface area contributed by atoms with Crippen molar-refractivity contribution < 1.29 is 27.4 Å². The summed E-state index contributed by atoms with van der Waals surface area (Å²) in [6.45, 7) is 3.36. The monoisotopic (exact) mass is 422 g/mol. The lowest BCUT2D eigenvalue weighted by Crippen LogP contribution is -2.33. The second-order valence-corrected chi connectivity index (χ2v) is 7.93. The predicted octanol–water partition coefficient (Wildman–Crippen LogP) is 0.786. The maximum absolute atomic E-state index is 12.5. The number of halogens is 1. The van der Waals surface area contributed by atoms with Gasteiger partial charge in [0.2, 0.25) is 5.91 Å². The fourth-order valence-electron chi connectivity index (χ4n) is 2.36. The molecule has 0 atom stereocenters. The molecule has 2 N–H and O–H groups in total. The lowest BCUT2D eigenvalue weighted by Gasteiger charge is -2.10. The molecule has 1 heterocycles. The summed E-state index contributed by atoms with van der Waals surface area (Å²) in [5.41, 5.74) is 0. The van der Waals surface area contributed by atoms with Crippen molar-refractivity contribution in [1.82, 2.24) is 10.6 Å². The molecule has 10 heteroatoms. The Morgan fingerprint density at radius 2 is 1.89 bits per heavy atom. The van der Waals surface area contributed by atoms with E-state index in [1.165, 1.54) is 12.1 Å². The summed E-state index contributed by atoms with van der Waals surface area (Å²) in [5, 5.41) is 5.78. The zero-order valence-electron chi connectivity index (χ0n) is 15.4. The lowest BCUT2D eigenvalue weighted by atomic mass is 10.3. The van der Waals surface area contributed by atoms with Crippen molar-refractivity contribution in [1.29, 1.82) is 0 Å². The van der Waals surface area contributed by atoms with E-state index < -0.39 is 9.84 Å². The molecule has 27 heavy (non-hydrogen) atoms. The largest absolute Gasteiger partial charge is 0.490 e. The lowest BCUT2D eigenvalue weighted by molar-refractivity contribution is -0.120. The van der Waals surface area contributed by atoms with Crippen molar-refractivity contribution in [3.63, 3.8) is 0 Å². The van der Waals surface area contributed by atoms with Gasteiger partial charge in [0.25, 0.3) is 0 Å². The van der Waals surface area contributed by atoms with Crippen LogP contribution >= 0.6 is 12.4 Å². The first-order valence-corrected chi connectivity index (χ1v) is 10.3. The van der Waals surface area contributed by atoms with Gasteiger partial charge in [-0.2, -0.15) is 0 Å². The van der Waals surface area contributed by atoms with E-state index in [9.17, 15) is 13.2 Å². The molecule has 0 aliphatic carbocycles. The van der Waals surface area contributed by atoms with Gasteiger partial charge in [-0.25, -0.2) is 8.42 Å². The van der Waals surface area contributed by atoms with Gasteiger partial charge in [-0.15, -0.1) is 12.4 Å². The van der Waals surface area contributed by atoms with Crippen LogP contribution in [0.4, 0.5) is 0 Å². The predicted molar refractivity (Wildman–Crippen MR) is 104 cm³/mol. The number of amides is 1. The third-order valence-electron chi connectivity index (χ3n) is 3.78. The van der Waals surface area contributed by atoms with Crippen LogP contribution in [0.15, 0.2) is 23.1 Å². The van der Waals surface area contributed by atoms with Crippen molar-refractivity contribution in [2.75, 3.05) is 52.3 Å². The molecule has 1 aliphatic rings. The Morgan fingerprint density at radius 3 is 2.63 bits per heavy atom. The van der Waals surface area contributed by atoms with Crippen LogP contribution in [0.2, 0.25) is 0 Å². The van der Waals surface area contributed by atoms with Gasteiger partial charge >= 0.3 is 0 Å². The van der Waals surface area contributed by atoms with Crippen LogP contribution in [-0.2, 0) is 19.4 Å². The number of nitrogens with one attached hydrogen (secondary N) is 2. The van der Waals surface area contributed by atoms with Gasteiger partial charge in [-0.1, -0.05) is 0 Å². The summed E-state index contributed by atoms with van der Waals surface area (Å²) >= 11 is 0. The molecule has 8 nitrogen and oxygen atoms in total. The van der Waals surface area contributed by atoms with Gasteiger partial charge in [-0.3, -0.25) is 4.79 Å². The molecule has 0 bridgehead atoms. The number of benzene rings is 1. The number of fused-ring (bicyclic) bond motifs is 1. The molecule has 0 radical (unpaired) electrons. The van der Waals surface area contributed by atoms with E-state index in [2.05, 4.69) is 10.6 Å². The SMILES string of the molecule is COCCNCCNC(=O)CCS(=O)(=O)c1ccc2c(c1)OCCCO2.Cl. The highest BCUT2D eigenvalue weighted by molar-refractivity contribution is 7.91. The fourth-order valence-corrected chi connectivity index (χ4v) is 3.61. The van der Waals surface area contributed by atoms with Crippen molar-refractivity contribution in [3.05, 3.63) is 18.2 Å². The minimum atomic E-state index is -3.57. The van der Waals surface area contributed by atoms with Gasteiger partial charge in [0.05, 0.1) is 30.5 Å². The van der Waals surface area contributed by atoms with Crippen LogP contribution in [-0.4, -0.2) is 66.6 Å². The Balaban J connectivity index is 0.00000364. The summed E-state index contributed by atoms with van der Waals surface area (Å²) < 4.78 is 40.8. The number of sulfone groups is 1. The fraction of sp³-hybridized carbons (Fsp3) is 0.588. The molecule has 0 aromatic heterocycles. The quantitative estimate of drug-likeness (QED) is 0.537. The average molecular weight is 423 g/mol. The van der Waals surface area contributed by atoms with E-state index >= 15 is 0 Å². The Hall–Kier alpha value is -1.55. The smallest absolute Gasteiger partial charge is 0.221 e. The van der Waals surface area contributed by atoms with E-state index in [0.29, 0.717) is 51.0 Å². The number of methoxy groups -OCH3 is 1. The van der Waals surface area contributed by atoms with Gasteiger partial charge < -0.3 is 24.8 Å². The maximum Gasteiger partial charge on any atom is 0.221 e. The number of rotatable bonds is 10. The minimum Gasteiger partial charge on any atom is -0.490 e.